The summed E-state index contributed by atoms with van der Waals surface area (Å²) in [4.78, 5) is 35.2. The van der Waals surface area contributed by atoms with Gasteiger partial charge in [0.25, 0.3) is 5.91 Å². The summed E-state index contributed by atoms with van der Waals surface area (Å²) >= 11 is 1.18. The fraction of sp³-hybridized carbons (Fsp3) is 0.200. The molecule has 31 heavy (non-hydrogen) atoms. The van der Waals surface area contributed by atoms with E-state index < -0.39 is 18.0 Å². The Morgan fingerprint density at radius 1 is 1.16 bits per heavy atom. The third-order valence-electron chi connectivity index (χ3n) is 3.97. The lowest BCUT2D eigenvalue weighted by Gasteiger charge is -2.16. The quantitative estimate of drug-likeness (QED) is 0.611. The van der Waals surface area contributed by atoms with Crippen LogP contribution in [0.25, 0.3) is 10.7 Å². The van der Waals surface area contributed by atoms with Crippen molar-refractivity contribution in [2.45, 2.75) is 13.3 Å². The van der Waals surface area contributed by atoms with E-state index in [1.807, 2.05) is 6.07 Å². The number of thiazole rings is 1. The van der Waals surface area contributed by atoms with E-state index in [0.29, 0.717) is 21.3 Å². The Labute approximate surface area is 179 Å². The molecule has 7 nitrogen and oxygen atoms in total. The Morgan fingerprint density at radius 3 is 2.48 bits per heavy atom. The second-order valence-electron chi connectivity index (χ2n) is 6.43. The lowest BCUT2D eigenvalue weighted by Crippen LogP contribution is -2.34. The molecule has 11 heteroatoms. The number of ether oxygens (including phenoxy) is 1. The highest BCUT2D eigenvalue weighted by molar-refractivity contribution is 7.17. The van der Waals surface area contributed by atoms with Gasteiger partial charge in [0.05, 0.1) is 17.9 Å². The summed E-state index contributed by atoms with van der Waals surface area (Å²) in [6.07, 6.45) is -3.16. The number of likely N-dealkylation sites (N-methyl/N-ethyl adjacent to an activating group) is 1. The summed E-state index contributed by atoms with van der Waals surface area (Å²) in [5, 5.41) is 3.12. The SMILES string of the molecule is Cc1nc(-c2ccccn2)sc1C(=O)N(C)CC(=O)Nc1ccc(OC(F)(F)F)cc1. The molecule has 1 N–H and O–H groups in total. The van der Waals surface area contributed by atoms with Crippen LogP contribution in [0.5, 0.6) is 5.75 Å². The first kappa shape index (κ1) is 22.2. The maximum Gasteiger partial charge on any atom is 0.573 e. The van der Waals surface area contributed by atoms with E-state index in [9.17, 15) is 22.8 Å². The summed E-state index contributed by atoms with van der Waals surface area (Å²) in [5.74, 6) is -1.28. The molecule has 0 unspecified atom stereocenters. The minimum absolute atomic E-state index is 0.254. The van der Waals surface area contributed by atoms with Crippen LogP contribution in [0.3, 0.4) is 0 Å². The van der Waals surface area contributed by atoms with Crippen molar-refractivity contribution in [3.63, 3.8) is 0 Å². The summed E-state index contributed by atoms with van der Waals surface area (Å²) in [6.45, 7) is 1.45. The molecule has 0 aliphatic carbocycles. The number of nitrogens with zero attached hydrogens (tertiary/aromatic N) is 3. The number of hydrogen-bond acceptors (Lipinski definition) is 6. The molecule has 0 aliphatic heterocycles. The third-order valence-corrected chi connectivity index (χ3v) is 5.14. The van der Waals surface area contributed by atoms with Crippen molar-refractivity contribution in [1.29, 1.82) is 0 Å². The molecule has 0 radical (unpaired) electrons. The topological polar surface area (TPSA) is 84.4 Å². The number of hydrogen-bond donors (Lipinski definition) is 1. The van der Waals surface area contributed by atoms with E-state index in [0.717, 1.165) is 12.1 Å². The van der Waals surface area contributed by atoms with E-state index in [1.54, 1.807) is 25.3 Å². The number of rotatable bonds is 6. The number of carbonyl (C=O) groups is 2. The van der Waals surface area contributed by atoms with Crippen molar-refractivity contribution in [1.82, 2.24) is 14.9 Å². The van der Waals surface area contributed by atoms with Crippen LogP contribution in [0, 0.1) is 6.92 Å². The van der Waals surface area contributed by atoms with Gasteiger partial charge < -0.3 is 15.0 Å². The lowest BCUT2D eigenvalue weighted by atomic mass is 10.3. The molecule has 0 aliphatic rings. The summed E-state index contributed by atoms with van der Waals surface area (Å²) < 4.78 is 40.4. The number of aryl methyl sites for hydroxylation is 1. The Bertz CT molecular complexity index is 1070. The maximum atomic E-state index is 12.7. The smallest absolute Gasteiger partial charge is 0.406 e. The molecule has 0 fully saturated rings. The van der Waals surface area contributed by atoms with Gasteiger partial charge in [-0.05, 0) is 43.3 Å². The molecule has 162 valence electrons. The molecule has 2 aromatic heterocycles. The van der Waals surface area contributed by atoms with Crippen molar-refractivity contribution in [2.75, 3.05) is 18.9 Å². The van der Waals surface area contributed by atoms with Gasteiger partial charge in [-0.25, -0.2) is 4.98 Å². The average Bonchev–Trinajstić information content (AvgIpc) is 3.10. The standard InChI is InChI=1S/C20H17F3N4O3S/c1-12-17(31-18(25-12)15-5-3-4-10-24-15)19(29)27(2)11-16(28)26-13-6-8-14(9-7-13)30-20(21,22)23/h3-10H,11H2,1-2H3,(H,26,28). The molecule has 0 atom stereocenters. The molecule has 3 aromatic rings. The molecular weight excluding hydrogens is 433 g/mol. The number of aromatic nitrogens is 2. The monoisotopic (exact) mass is 450 g/mol. The number of benzene rings is 1. The number of nitrogens with one attached hydrogen (secondary N) is 1. The molecule has 3 rings (SSSR count). The first-order chi connectivity index (χ1) is 14.6. The van der Waals surface area contributed by atoms with Gasteiger partial charge in [-0.3, -0.25) is 14.6 Å². The van der Waals surface area contributed by atoms with Gasteiger partial charge >= 0.3 is 6.36 Å². The van der Waals surface area contributed by atoms with Crippen LogP contribution in [0.1, 0.15) is 15.4 Å². The van der Waals surface area contributed by atoms with Crippen molar-refractivity contribution in [2.24, 2.45) is 0 Å². The first-order valence-electron chi connectivity index (χ1n) is 8.92. The third kappa shape index (κ3) is 6.01. The van der Waals surface area contributed by atoms with Gasteiger partial charge in [-0.2, -0.15) is 0 Å². The molecule has 0 spiro atoms. The first-order valence-corrected chi connectivity index (χ1v) is 9.74. The van der Waals surface area contributed by atoms with Crippen molar-refractivity contribution in [3.05, 3.63) is 59.2 Å². The number of amides is 2. The molecule has 2 heterocycles. The number of pyridine rings is 1. The predicted octanol–water partition coefficient (Wildman–Crippen LogP) is 4.12. The molecule has 1 aromatic carbocycles. The molecule has 0 bridgehead atoms. The van der Waals surface area contributed by atoms with E-state index in [2.05, 4.69) is 20.0 Å². The minimum Gasteiger partial charge on any atom is -0.406 e. The molecular formula is C20H17F3N4O3S. The van der Waals surface area contributed by atoms with Crippen LogP contribution in [0.15, 0.2) is 48.7 Å². The average molecular weight is 450 g/mol. The highest BCUT2D eigenvalue weighted by atomic mass is 32.1. The van der Waals surface area contributed by atoms with Crippen LogP contribution >= 0.6 is 11.3 Å². The molecule has 2 amide bonds. The van der Waals surface area contributed by atoms with Crippen molar-refractivity contribution >= 4 is 28.8 Å². The summed E-state index contributed by atoms with van der Waals surface area (Å²) in [6, 6.07) is 10.1. The van der Waals surface area contributed by atoms with E-state index >= 15 is 0 Å². The fourth-order valence-corrected chi connectivity index (χ4v) is 3.63. The van der Waals surface area contributed by atoms with Crippen molar-refractivity contribution in [3.8, 4) is 16.5 Å². The Hall–Kier alpha value is -3.47. The fourth-order valence-electron chi connectivity index (χ4n) is 2.59. The predicted molar refractivity (Wildman–Crippen MR) is 109 cm³/mol. The van der Waals surface area contributed by atoms with Crippen LogP contribution < -0.4 is 10.1 Å². The summed E-state index contributed by atoms with van der Waals surface area (Å²) in [7, 11) is 1.47. The minimum atomic E-state index is -4.79. The van der Waals surface area contributed by atoms with E-state index in [1.165, 1.54) is 35.4 Å². The molecule has 0 saturated heterocycles. The number of anilines is 1. The van der Waals surface area contributed by atoms with E-state index in [4.69, 9.17) is 0 Å². The normalized spacial score (nSPS) is 11.1. The second kappa shape index (κ2) is 9.13. The zero-order chi connectivity index (χ0) is 22.6. The second-order valence-corrected chi connectivity index (χ2v) is 7.43. The zero-order valence-corrected chi connectivity index (χ0v) is 17.3. The van der Waals surface area contributed by atoms with Gasteiger partial charge in [-0.15, -0.1) is 24.5 Å². The van der Waals surface area contributed by atoms with Gasteiger partial charge in [0.2, 0.25) is 5.91 Å². The number of alkyl halides is 3. The number of carbonyl (C=O) groups excluding carboxylic acids is 2. The highest BCUT2D eigenvalue weighted by Gasteiger charge is 2.31. The highest BCUT2D eigenvalue weighted by Crippen LogP contribution is 2.27. The summed E-state index contributed by atoms with van der Waals surface area (Å²) in [5.41, 5.74) is 1.45. The largest absolute Gasteiger partial charge is 0.573 e. The van der Waals surface area contributed by atoms with Gasteiger partial charge in [0.1, 0.15) is 15.6 Å². The lowest BCUT2D eigenvalue weighted by molar-refractivity contribution is -0.274. The zero-order valence-electron chi connectivity index (χ0n) is 16.4. The van der Waals surface area contributed by atoms with Crippen LogP contribution in [-0.2, 0) is 4.79 Å². The Morgan fingerprint density at radius 2 is 1.87 bits per heavy atom. The number of halogens is 3. The van der Waals surface area contributed by atoms with E-state index in [-0.39, 0.29) is 18.1 Å². The molecule has 0 saturated carbocycles. The Kier molecular flexibility index (Phi) is 6.54. The maximum absolute atomic E-state index is 12.7. The van der Waals surface area contributed by atoms with Crippen LogP contribution in [-0.4, -0.2) is 46.6 Å². The Balaban J connectivity index is 1.61. The van der Waals surface area contributed by atoms with Gasteiger partial charge in [0, 0.05) is 18.9 Å². The van der Waals surface area contributed by atoms with Gasteiger partial charge in [0.15, 0.2) is 0 Å². The van der Waals surface area contributed by atoms with Gasteiger partial charge in [-0.1, -0.05) is 6.07 Å². The van der Waals surface area contributed by atoms with Crippen molar-refractivity contribution < 1.29 is 27.5 Å². The van der Waals surface area contributed by atoms with Crippen LogP contribution in [0.4, 0.5) is 18.9 Å². The van der Waals surface area contributed by atoms with Crippen LogP contribution in [0.2, 0.25) is 0 Å².